The zero-order valence-corrected chi connectivity index (χ0v) is 16.6. The molecule has 0 atom stereocenters. The van der Waals surface area contributed by atoms with Crippen LogP contribution in [0.5, 0.6) is 0 Å². The maximum atomic E-state index is 11.4. The highest BCUT2D eigenvalue weighted by Crippen LogP contribution is 2.19. The number of fused-ring (bicyclic) bond motifs is 1. The van der Waals surface area contributed by atoms with Gasteiger partial charge >= 0.3 is 0 Å². The first-order valence-corrected chi connectivity index (χ1v) is 9.68. The summed E-state index contributed by atoms with van der Waals surface area (Å²) in [5, 5.41) is 10.7. The fraction of sp³-hybridized carbons (Fsp3) is 0.261. The molecular weight excluding hydrogens is 366 g/mol. The van der Waals surface area contributed by atoms with Gasteiger partial charge in [0.15, 0.2) is 0 Å². The number of aromatic amines is 1. The molecule has 1 amide bonds. The maximum absolute atomic E-state index is 11.4. The summed E-state index contributed by atoms with van der Waals surface area (Å²) in [5.74, 6) is -0.303. The largest absolute Gasteiger partial charge is 0.395 e. The van der Waals surface area contributed by atoms with Crippen molar-refractivity contribution in [3.8, 4) is 0 Å². The first kappa shape index (κ1) is 20.8. The number of aromatic nitrogens is 1. The van der Waals surface area contributed by atoms with E-state index in [9.17, 15) is 9.90 Å². The number of H-pyrrole nitrogens is 1. The summed E-state index contributed by atoms with van der Waals surface area (Å²) in [6.07, 6.45) is 6.15. The Morgan fingerprint density at radius 1 is 1.17 bits per heavy atom. The van der Waals surface area contributed by atoms with Crippen molar-refractivity contribution in [2.24, 2.45) is 0 Å². The van der Waals surface area contributed by atoms with Gasteiger partial charge in [0.1, 0.15) is 0 Å². The fourth-order valence-corrected chi connectivity index (χ4v) is 3.33. The number of benzene rings is 2. The number of carbonyl (C=O) groups is 1. The Morgan fingerprint density at radius 3 is 2.72 bits per heavy atom. The molecule has 0 saturated heterocycles. The van der Waals surface area contributed by atoms with Crippen LogP contribution in [-0.2, 0) is 22.6 Å². The molecule has 0 fully saturated rings. The van der Waals surface area contributed by atoms with Crippen LogP contribution in [0.15, 0.2) is 60.8 Å². The van der Waals surface area contributed by atoms with Crippen molar-refractivity contribution in [3.63, 3.8) is 0 Å². The summed E-state index contributed by atoms with van der Waals surface area (Å²) in [6, 6.07) is 16.3. The predicted octanol–water partition coefficient (Wildman–Crippen LogP) is 2.90. The quantitative estimate of drug-likeness (QED) is 0.366. The van der Waals surface area contributed by atoms with Crippen LogP contribution >= 0.6 is 0 Å². The number of hydrogen-bond acceptors (Lipinski definition) is 4. The number of aliphatic hydroxyl groups is 1. The van der Waals surface area contributed by atoms with Crippen LogP contribution in [0.3, 0.4) is 0 Å². The van der Waals surface area contributed by atoms with E-state index in [2.05, 4.69) is 44.6 Å². The summed E-state index contributed by atoms with van der Waals surface area (Å²) in [5.41, 5.74) is 6.79. The number of nitrogens with zero attached hydrogens (tertiary/aromatic N) is 1. The molecule has 3 aromatic rings. The molecule has 3 N–H and O–H groups in total. The first-order valence-electron chi connectivity index (χ1n) is 9.68. The Balaban J connectivity index is 1.59. The van der Waals surface area contributed by atoms with Crippen molar-refractivity contribution in [1.29, 1.82) is 0 Å². The number of rotatable bonds is 10. The summed E-state index contributed by atoms with van der Waals surface area (Å²) < 4.78 is 0. The second-order valence-corrected chi connectivity index (χ2v) is 6.85. The second-order valence-electron chi connectivity index (χ2n) is 6.85. The van der Waals surface area contributed by atoms with Crippen molar-refractivity contribution in [1.82, 2.24) is 15.4 Å². The number of nitrogens with one attached hydrogen (secondary N) is 2. The molecule has 6 heteroatoms. The van der Waals surface area contributed by atoms with Crippen LogP contribution < -0.4 is 5.48 Å². The van der Waals surface area contributed by atoms with Crippen molar-refractivity contribution in [2.75, 3.05) is 26.8 Å². The van der Waals surface area contributed by atoms with Crippen LogP contribution in [0.4, 0.5) is 0 Å². The molecule has 0 saturated carbocycles. The third kappa shape index (κ3) is 6.02. The minimum atomic E-state index is -0.303. The van der Waals surface area contributed by atoms with Crippen LogP contribution in [0, 0.1) is 0 Å². The number of hydroxylamine groups is 1. The molecule has 1 aromatic heterocycles. The Hall–Kier alpha value is -2.93. The van der Waals surface area contributed by atoms with Gasteiger partial charge in [0.05, 0.1) is 13.7 Å². The second kappa shape index (κ2) is 10.6. The normalized spacial score (nSPS) is 11.6. The SMILES string of the molecule is CONC(=O)/C=C/c1ccc(CN(CCO)CCc2c[nH]c3ccccc23)cc1. The monoisotopic (exact) mass is 393 g/mol. The smallest absolute Gasteiger partial charge is 0.267 e. The number of carbonyl (C=O) groups excluding carboxylic acids is 1. The number of aliphatic hydroxyl groups excluding tert-OH is 1. The van der Waals surface area contributed by atoms with E-state index >= 15 is 0 Å². The lowest BCUT2D eigenvalue weighted by molar-refractivity contribution is -0.126. The van der Waals surface area contributed by atoms with E-state index in [1.54, 1.807) is 6.08 Å². The van der Waals surface area contributed by atoms with E-state index < -0.39 is 0 Å². The van der Waals surface area contributed by atoms with Crippen LogP contribution in [0.25, 0.3) is 17.0 Å². The Kier molecular flexibility index (Phi) is 7.58. The molecule has 152 valence electrons. The minimum absolute atomic E-state index is 0.128. The van der Waals surface area contributed by atoms with Crippen LogP contribution in [-0.4, -0.2) is 47.7 Å². The molecule has 0 aliphatic carbocycles. The fourth-order valence-electron chi connectivity index (χ4n) is 3.33. The maximum Gasteiger partial charge on any atom is 0.267 e. The molecule has 0 radical (unpaired) electrons. The zero-order chi connectivity index (χ0) is 20.5. The summed E-state index contributed by atoms with van der Waals surface area (Å²) in [4.78, 5) is 21.5. The summed E-state index contributed by atoms with van der Waals surface area (Å²) in [7, 11) is 1.40. The molecule has 0 bridgehead atoms. The third-order valence-electron chi connectivity index (χ3n) is 4.80. The number of para-hydroxylation sites is 1. The van der Waals surface area contributed by atoms with Gasteiger partial charge in [-0.05, 0) is 35.3 Å². The van der Waals surface area contributed by atoms with E-state index in [1.165, 1.54) is 24.1 Å². The minimum Gasteiger partial charge on any atom is -0.395 e. The lowest BCUT2D eigenvalue weighted by atomic mass is 10.1. The lowest BCUT2D eigenvalue weighted by Crippen LogP contribution is -2.28. The van der Waals surface area contributed by atoms with E-state index in [-0.39, 0.29) is 12.5 Å². The highest BCUT2D eigenvalue weighted by molar-refractivity contribution is 5.90. The molecule has 29 heavy (non-hydrogen) atoms. The summed E-state index contributed by atoms with van der Waals surface area (Å²) >= 11 is 0. The third-order valence-corrected chi connectivity index (χ3v) is 4.80. The van der Waals surface area contributed by atoms with Crippen molar-refractivity contribution >= 4 is 22.9 Å². The first-order chi connectivity index (χ1) is 14.2. The molecular formula is C23H27N3O3. The molecule has 0 unspecified atom stereocenters. The van der Waals surface area contributed by atoms with Crippen molar-refractivity contribution < 1.29 is 14.7 Å². The van der Waals surface area contributed by atoms with Crippen LogP contribution in [0.2, 0.25) is 0 Å². The van der Waals surface area contributed by atoms with Gasteiger partial charge in [0.2, 0.25) is 0 Å². The Labute approximate surface area is 170 Å². The standard InChI is InChI=1S/C23H27N3O3/c1-29-25-23(28)11-10-18-6-8-19(9-7-18)17-26(14-15-27)13-12-20-16-24-22-5-3-2-4-21(20)22/h2-11,16,24,27H,12-15,17H2,1H3,(H,25,28)/b11-10+. The van der Waals surface area contributed by atoms with Gasteiger partial charge in [-0.2, -0.15) is 0 Å². The molecule has 0 spiro atoms. The van der Waals surface area contributed by atoms with Gasteiger partial charge < -0.3 is 10.1 Å². The van der Waals surface area contributed by atoms with E-state index in [0.717, 1.165) is 36.2 Å². The topological polar surface area (TPSA) is 77.6 Å². The molecule has 1 heterocycles. The molecule has 6 nitrogen and oxygen atoms in total. The van der Waals surface area contributed by atoms with E-state index in [1.807, 2.05) is 30.3 Å². The van der Waals surface area contributed by atoms with Gasteiger partial charge in [0.25, 0.3) is 5.91 Å². The number of hydrogen-bond donors (Lipinski definition) is 3. The van der Waals surface area contributed by atoms with E-state index in [0.29, 0.717) is 6.54 Å². The number of amides is 1. The van der Waals surface area contributed by atoms with Gasteiger partial charge in [-0.25, -0.2) is 5.48 Å². The van der Waals surface area contributed by atoms with E-state index in [4.69, 9.17) is 0 Å². The van der Waals surface area contributed by atoms with Gasteiger partial charge in [-0.3, -0.25) is 14.5 Å². The summed E-state index contributed by atoms with van der Waals surface area (Å²) in [6.45, 7) is 2.38. The van der Waals surface area contributed by atoms with Gasteiger partial charge in [-0.15, -0.1) is 0 Å². The predicted molar refractivity (Wildman–Crippen MR) is 115 cm³/mol. The Bertz CT molecular complexity index is 947. The lowest BCUT2D eigenvalue weighted by Gasteiger charge is -2.21. The Morgan fingerprint density at radius 2 is 1.97 bits per heavy atom. The van der Waals surface area contributed by atoms with Crippen molar-refractivity contribution in [3.05, 3.63) is 77.5 Å². The highest BCUT2D eigenvalue weighted by Gasteiger charge is 2.09. The molecule has 0 aliphatic heterocycles. The average Bonchev–Trinajstić information content (AvgIpc) is 3.15. The van der Waals surface area contributed by atoms with Crippen molar-refractivity contribution in [2.45, 2.75) is 13.0 Å². The molecule has 2 aromatic carbocycles. The molecule has 3 rings (SSSR count). The molecule has 0 aliphatic rings. The highest BCUT2D eigenvalue weighted by atomic mass is 16.6. The van der Waals surface area contributed by atoms with Gasteiger partial charge in [-0.1, -0.05) is 42.5 Å². The average molecular weight is 393 g/mol. The van der Waals surface area contributed by atoms with Gasteiger partial charge in [0, 0.05) is 42.8 Å². The van der Waals surface area contributed by atoms with Crippen LogP contribution in [0.1, 0.15) is 16.7 Å². The zero-order valence-electron chi connectivity index (χ0n) is 16.6.